The predicted octanol–water partition coefficient (Wildman–Crippen LogP) is 0.722. The lowest BCUT2D eigenvalue weighted by Crippen LogP contribution is -2.51. The molecule has 1 N–H and O–H groups in total. The van der Waals surface area contributed by atoms with Gasteiger partial charge in [-0.3, -0.25) is 4.90 Å². The summed E-state index contributed by atoms with van der Waals surface area (Å²) >= 11 is 0. The molecule has 16 heavy (non-hydrogen) atoms. The van der Waals surface area contributed by atoms with Gasteiger partial charge in [0.25, 0.3) is 0 Å². The molecule has 1 fully saturated rings. The molecule has 0 aliphatic carbocycles. The van der Waals surface area contributed by atoms with Crippen LogP contribution in [0.4, 0.5) is 0 Å². The Hall–Kier alpha value is -0.160. The van der Waals surface area contributed by atoms with E-state index >= 15 is 0 Å². The molecule has 1 unspecified atom stereocenters. The lowest BCUT2D eigenvalue weighted by atomic mass is 10.2. The van der Waals surface area contributed by atoms with Crippen molar-refractivity contribution < 1.29 is 9.47 Å². The van der Waals surface area contributed by atoms with Crippen LogP contribution in [-0.4, -0.2) is 63.5 Å². The summed E-state index contributed by atoms with van der Waals surface area (Å²) in [4.78, 5) is 2.51. The van der Waals surface area contributed by atoms with E-state index in [1.165, 1.54) is 0 Å². The van der Waals surface area contributed by atoms with E-state index in [4.69, 9.17) is 9.47 Å². The molecule has 0 aromatic rings. The van der Waals surface area contributed by atoms with E-state index in [2.05, 4.69) is 24.1 Å². The average Bonchev–Trinajstić information content (AvgIpc) is 2.28. The van der Waals surface area contributed by atoms with E-state index in [1.807, 2.05) is 0 Å². The monoisotopic (exact) mass is 230 g/mol. The summed E-state index contributed by atoms with van der Waals surface area (Å²) in [6, 6.07) is 1.07. The van der Waals surface area contributed by atoms with Gasteiger partial charge in [0.05, 0.1) is 13.2 Å². The van der Waals surface area contributed by atoms with Gasteiger partial charge in [-0.1, -0.05) is 13.8 Å². The molecule has 1 heterocycles. The first-order chi connectivity index (χ1) is 7.74. The Morgan fingerprint density at radius 1 is 1.50 bits per heavy atom. The first kappa shape index (κ1) is 13.9. The molecule has 1 aliphatic rings. The molecule has 1 rings (SSSR count). The van der Waals surface area contributed by atoms with Gasteiger partial charge in [0.15, 0.2) is 0 Å². The second-order valence-corrected chi connectivity index (χ2v) is 4.67. The molecule has 1 aliphatic heterocycles. The van der Waals surface area contributed by atoms with Crippen molar-refractivity contribution in [2.24, 2.45) is 0 Å². The van der Waals surface area contributed by atoms with Gasteiger partial charge in [-0.15, -0.1) is 0 Å². The van der Waals surface area contributed by atoms with Crippen LogP contribution in [0.3, 0.4) is 0 Å². The quantitative estimate of drug-likeness (QED) is 0.654. The third-order valence-electron chi connectivity index (χ3n) is 2.90. The van der Waals surface area contributed by atoms with Crippen LogP contribution >= 0.6 is 0 Å². The Labute approximate surface area is 99.3 Å². The van der Waals surface area contributed by atoms with Crippen molar-refractivity contribution in [1.29, 1.82) is 0 Å². The van der Waals surface area contributed by atoms with E-state index in [-0.39, 0.29) is 0 Å². The van der Waals surface area contributed by atoms with Crippen molar-refractivity contribution in [2.45, 2.75) is 32.4 Å². The number of methoxy groups -OCH3 is 1. The van der Waals surface area contributed by atoms with Crippen LogP contribution in [0.15, 0.2) is 0 Å². The van der Waals surface area contributed by atoms with Crippen molar-refractivity contribution in [3.05, 3.63) is 0 Å². The highest BCUT2D eigenvalue weighted by Gasteiger charge is 2.22. The minimum absolute atomic E-state index is 0.521. The number of nitrogens with zero attached hydrogens (tertiary/aromatic N) is 1. The fraction of sp³-hybridized carbons (Fsp3) is 1.00. The third kappa shape index (κ3) is 5.25. The number of rotatable bonds is 7. The molecule has 0 amide bonds. The van der Waals surface area contributed by atoms with Crippen molar-refractivity contribution in [1.82, 2.24) is 10.2 Å². The van der Waals surface area contributed by atoms with Gasteiger partial charge in [0, 0.05) is 45.4 Å². The molecule has 0 spiro atoms. The smallest absolute Gasteiger partial charge is 0.0634 e. The van der Waals surface area contributed by atoms with Crippen LogP contribution in [0.25, 0.3) is 0 Å². The minimum Gasteiger partial charge on any atom is -0.385 e. The Morgan fingerprint density at radius 2 is 2.31 bits per heavy atom. The standard InChI is InChI=1S/C12H26N2O2/c1-11(2)13-9-12-10-16-8-6-14(12)5-4-7-15-3/h11-13H,4-10H2,1-3H3. The molecule has 0 aromatic carbocycles. The molecule has 1 saturated heterocycles. The number of hydrogen-bond acceptors (Lipinski definition) is 4. The maximum absolute atomic E-state index is 5.54. The highest BCUT2D eigenvalue weighted by molar-refractivity contribution is 4.78. The molecule has 1 atom stereocenters. The first-order valence-electron chi connectivity index (χ1n) is 6.28. The zero-order valence-electron chi connectivity index (χ0n) is 10.9. The highest BCUT2D eigenvalue weighted by atomic mass is 16.5. The van der Waals surface area contributed by atoms with E-state index in [0.717, 1.165) is 45.9 Å². The molecule has 0 bridgehead atoms. The number of ether oxygens (including phenoxy) is 2. The van der Waals surface area contributed by atoms with Gasteiger partial charge < -0.3 is 14.8 Å². The van der Waals surface area contributed by atoms with Gasteiger partial charge in [0.1, 0.15) is 0 Å². The fourth-order valence-corrected chi connectivity index (χ4v) is 1.96. The van der Waals surface area contributed by atoms with Crippen molar-refractivity contribution in [3.63, 3.8) is 0 Å². The zero-order valence-corrected chi connectivity index (χ0v) is 10.9. The van der Waals surface area contributed by atoms with E-state index in [0.29, 0.717) is 12.1 Å². The Bertz CT molecular complexity index is 176. The predicted molar refractivity (Wildman–Crippen MR) is 65.8 cm³/mol. The summed E-state index contributed by atoms with van der Waals surface area (Å²) in [6.45, 7) is 10.1. The van der Waals surface area contributed by atoms with Crippen LogP contribution in [0.2, 0.25) is 0 Å². The van der Waals surface area contributed by atoms with Gasteiger partial charge in [0.2, 0.25) is 0 Å². The fourth-order valence-electron chi connectivity index (χ4n) is 1.96. The molecule has 0 saturated carbocycles. The maximum Gasteiger partial charge on any atom is 0.0634 e. The number of nitrogens with one attached hydrogen (secondary N) is 1. The number of hydrogen-bond donors (Lipinski definition) is 1. The van der Waals surface area contributed by atoms with Crippen LogP contribution in [0.5, 0.6) is 0 Å². The normalized spacial score (nSPS) is 22.9. The van der Waals surface area contributed by atoms with Crippen LogP contribution in [-0.2, 0) is 9.47 Å². The van der Waals surface area contributed by atoms with Gasteiger partial charge in [-0.05, 0) is 6.42 Å². The molecule has 4 heteroatoms. The van der Waals surface area contributed by atoms with E-state index < -0.39 is 0 Å². The molecule has 0 radical (unpaired) electrons. The Morgan fingerprint density at radius 3 is 3.00 bits per heavy atom. The SMILES string of the molecule is COCCCN1CCOCC1CNC(C)C. The third-order valence-corrected chi connectivity index (χ3v) is 2.90. The summed E-state index contributed by atoms with van der Waals surface area (Å²) in [7, 11) is 1.76. The van der Waals surface area contributed by atoms with Crippen LogP contribution in [0, 0.1) is 0 Å². The second kappa shape index (κ2) is 8.01. The van der Waals surface area contributed by atoms with Crippen molar-refractivity contribution >= 4 is 0 Å². The minimum atomic E-state index is 0.521. The zero-order chi connectivity index (χ0) is 11.8. The summed E-state index contributed by atoms with van der Waals surface area (Å²) in [5, 5.41) is 3.48. The van der Waals surface area contributed by atoms with Crippen LogP contribution < -0.4 is 5.32 Å². The van der Waals surface area contributed by atoms with E-state index in [1.54, 1.807) is 7.11 Å². The van der Waals surface area contributed by atoms with Gasteiger partial charge in [-0.25, -0.2) is 0 Å². The lowest BCUT2D eigenvalue weighted by Gasteiger charge is -2.36. The average molecular weight is 230 g/mol. The second-order valence-electron chi connectivity index (χ2n) is 4.67. The van der Waals surface area contributed by atoms with E-state index in [9.17, 15) is 0 Å². The van der Waals surface area contributed by atoms with Gasteiger partial charge in [-0.2, -0.15) is 0 Å². The molecular formula is C12H26N2O2. The summed E-state index contributed by atoms with van der Waals surface area (Å²) < 4.78 is 10.6. The summed E-state index contributed by atoms with van der Waals surface area (Å²) in [5.74, 6) is 0. The number of morpholine rings is 1. The largest absolute Gasteiger partial charge is 0.385 e. The Kier molecular flexibility index (Phi) is 6.96. The molecule has 96 valence electrons. The highest BCUT2D eigenvalue weighted by Crippen LogP contribution is 2.07. The first-order valence-corrected chi connectivity index (χ1v) is 6.28. The van der Waals surface area contributed by atoms with Crippen molar-refractivity contribution in [3.8, 4) is 0 Å². The summed E-state index contributed by atoms with van der Waals surface area (Å²) in [5.41, 5.74) is 0. The van der Waals surface area contributed by atoms with Gasteiger partial charge >= 0.3 is 0 Å². The molecule has 0 aromatic heterocycles. The Balaban J connectivity index is 2.26. The topological polar surface area (TPSA) is 33.7 Å². The van der Waals surface area contributed by atoms with Crippen LogP contribution in [0.1, 0.15) is 20.3 Å². The maximum atomic E-state index is 5.54. The molecule has 4 nitrogen and oxygen atoms in total. The molecular weight excluding hydrogens is 204 g/mol. The summed E-state index contributed by atoms with van der Waals surface area (Å²) in [6.07, 6.45) is 1.11. The van der Waals surface area contributed by atoms with Crippen molar-refractivity contribution in [2.75, 3.05) is 46.6 Å². The lowest BCUT2D eigenvalue weighted by molar-refractivity contribution is -0.0102.